The van der Waals surface area contributed by atoms with Gasteiger partial charge in [0.05, 0.1) is 18.1 Å². The Morgan fingerprint density at radius 3 is 2.20 bits per heavy atom. The van der Waals surface area contributed by atoms with Gasteiger partial charge in [0.25, 0.3) is 5.91 Å². The van der Waals surface area contributed by atoms with Gasteiger partial charge in [-0.15, -0.1) is 0 Å². The second-order valence-electron chi connectivity index (χ2n) is 11.4. The van der Waals surface area contributed by atoms with E-state index in [1.54, 1.807) is 24.3 Å². The molecule has 0 aromatic heterocycles. The smallest absolute Gasteiger partial charge is 0.253 e. The first-order valence-corrected chi connectivity index (χ1v) is 15.1. The van der Waals surface area contributed by atoms with Gasteiger partial charge in [-0.05, 0) is 56.0 Å². The van der Waals surface area contributed by atoms with E-state index in [-0.39, 0.29) is 30.2 Å². The van der Waals surface area contributed by atoms with Crippen LogP contribution in [0, 0.1) is 18.3 Å². The number of hydrogen-bond donors (Lipinski definition) is 2. The lowest BCUT2D eigenvalue weighted by Crippen LogP contribution is -2.68. The van der Waals surface area contributed by atoms with E-state index >= 15 is 0 Å². The molecule has 4 rings (SSSR count). The molecule has 41 heavy (non-hydrogen) atoms. The van der Waals surface area contributed by atoms with Gasteiger partial charge in [0.2, 0.25) is 5.91 Å². The topological polar surface area (TPSA) is 99.2 Å². The summed E-state index contributed by atoms with van der Waals surface area (Å²) >= 11 is 0. The molecule has 8 heteroatoms. The summed E-state index contributed by atoms with van der Waals surface area (Å²) in [5.41, 5.74) is 2.04. The number of carbonyl (C=O) groups excluding carboxylic acids is 3. The summed E-state index contributed by atoms with van der Waals surface area (Å²) in [5.74, 6) is -0.721. The predicted octanol–water partition coefficient (Wildman–Crippen LogP) is 4.16. The van der Waals surface area contributed by atoms with Gasteiger partial charge in [0.15, 0.2) is 5.78 Å². The van der Waals surface area contributed by atoms with E-state index in [1.807, 2.05) is 49.9 Å². The van der Waals surface area contributed by atoms with Crippen molar-refractivity contribution in [1.82, 2.24) is 15.1 Å². The van der Waals surface area contributed by atoms with Crippen molar-refractivity contribution in [1.29, 1.82) is 0 Å². The number of β-amino-alcohol motifs (C(OH)–C–C–N with tert-alkyl or cyclic N) is 1. The summed E-state index contributed by atoms with van der Waals surface area (Å²) in [6.07, 6.45) is 2.28. The van der Waals surface area contributed by atoms with Crippen molar-refractivity contribution < 1.29 is 24.2 Å². The summed E-state index contributed by atoms with van der Waals surface area (Å²) in [5, 5.41) is 12.3. The maximum atomic E-state index is 13.6. The zero-order valence-electron chi connectivity index (χ0n) is 24.9. The number of benzene rings is 2. The number of Topliss-reactive ketones (excluding diaryl/α,β-unsaturated/α-hetero) is 1. The molecular formula is C33H45N3O5. The Morgan fingerprint density at radius 1 is 1.00 bits per heavy atom. The van der Waals surface area contributed by atoms with Crippen molar-refractivity contribution in [3.05, 3.63) is 65.2 Å². The molecule has 0 spiro atoms. The Hall–Kier alpha value is -3.23. The van der Waals surface area contributed by atoms with E-state index < -0.39 is 17.4 Å². The number of aryl methyl sites for hydroxylation is 1. The fraction of sp³-hybridized carbons (Fsp3) is 0.545. The van der Waals surface area contributed by atoms with Crippen LogP contribution in [0.15, 0.2) is 48.5 Å². The Bertz CT molecular complexity index is 1180. The van der Waals surface area contributed by atoms with Gasteiger partial charge in [-0.1, -0.05) is 57.0 Å². The maximum absolute atomic E-state index is 13.6. The number of nitrogens with zero attached hydrogens (tertiary/aromatic N) is 2. The number of piperazine rings is 1. The number of aliphatic hydroxyl groups is 1. The predicted molar refractivity (Wildman–Crippen MR) is 159 cm³/mol. The standard InChI is InChI=1S/C33H45N3O5/c1-5-8-27(24-11-9-23(4)10-12-24)34-31(39)28-29(38)33(6-2,7-3)30(28)41-26-15-13-25(14-16-26)32(40)36-19-17-35(18-20-36)21-22-37/h9-16,27-28,30,37H,5-8,17-22H2,1-4H3,(H,34,39)/t27?,28?,30-/m1/s1. The van der Waals surface area contributed by atoms with E-state index in [1.165, 1.54) is 0 Å². The van der Waals surface area contributed by atoms with Crippen LogP contribution >= 0.6 is 0 Å². The van der Waals surface area contributed by atoms with Crippen LogP contribution in [-0.2, 0) is 9.59 Å². The van der Waals surface area contributed by atoms with Crippen LogP contribution < -0.4 is 10.1 Å². The largest absolute Gasteiger partial charge is 0.488 e. The molecule has 2 aromatic carbocycles. The Labute approximate surface area is 244 Å². The number of hydrogen-bond acceptors (Lipinski definition) is 6. The van der Waals surface area contributed by atoms with Gasteiger partial charge in [-0.3, -0.25) is 19.3 Å². The van der Waals surface area contributed by atoms with Gasteiger partial charge >= 0.3 is 0 Å². The molecule has 1 saturated carbocycles. The first kappa shape index (κ1) is 30.7. The van der Waals surface area contributed by atoms with Crippen LogP contribution in [0.1, 0.15) is 74.0 Å². The van der Waals surface area contributed by atoms with Crippen LogP contribution in [0.3, 0.4) is 0 Å². The van der Waals surface area contributed by atoms with Crippen LogP contribution in [0.25, 0.3) is 0 Å². The fourth-order valence-electron chi connectivity index (χ4n) is 6.24. The van der Waals surface area contributed by atoms with E-state index in [0.717, 1.165) is 37.1 Å². The lowest BCUT2D eigenvalue weighted by molar-refractivity contribution is -0.173. The van der Waals surface area contributed by atoms with Gasteiger partial charge in [-0.25, -0.2) is 0 Å². The molecule has 2 N–H and O–H groups in total. The van der Waals surface area contributed by atoms with E-state index in [2.05, 4.69) is 17.1 Å². The summed E-state index contributed by atoms with van der Waals surface area (Å²) in [4.78, 5) is 44.1. The highest BCUT2D eigenvalue weighted by atomic mass is 16.5. The number of ether oxygens (including phenoxy) is 1. The zero-order valence-corrected chi connectivity index (χ0v) is 24.9. The van der Waals surface area contributed by atoms with Crippen molar-refractivity contribution in [2.45, 2.75) is 65.5 Å². The molecule has 3 atom stereocenters. The van der Waals surface area contributed by atoms with Crippen molar-refractivity contribution >= 4 is 17.6 Å². The molecule has 1 aliphatic heterocycles. The molecular weight excluding hydrogens is 518 g/mol. The molecule has 0 radical (unpaired) electrons. The van der Waals surface area contributed by atoms with Gasteiger partial charge in [0, 0.05) is 38.3 Å². The zero-order chi connectivity index (χ0) is 29.6. The molecule has 2 aliphatic rings. The number of carbonyl (C=O) groups is 3. The first-order valence-electron chi connectivity index (χ1n) is 15.1. The fourth-order valence-corrected chi connectivity index (χ4v) is 6.24. The monoisotopic (exact) mass is 563 g/mol. The molecule has 8 nitrogen and oxygen atoms in total. The normalized spacial score (nSPS) is 21.2. The molecule has 1 saturated heterocycles. The molecule has 0 bridgehead atoms. The second kappa shape index (κ2) is 13.6. The van der Waals surface area contributed by atoms with Crippen molar-refractivity contribution in [3.63, 3.8) is 0 Å². The number of aliphatic hydroxyl groups excluding tert-OH is 1. The maximum Gasteiger partial charge on any atom is 0.253 e. The summed E-state index contributed by atoms with van der Waals surface area (Å²) in [6, 6.07) is 15.0. The van der Waals surface area contributed by atoms with Crippen molar-refractivity contribution in [2.75, 3.05) is 39.3 Å². The quantitative estimate of drug-likeness (QED) is 0.377. The highest BCUT2D eigenvalue weighted by molar-refractivity contribution is 6.10. The Kier molecular flexibility index (Phi) is 10.2. The van der Waals surface area contributed by atoms with Gasteiger partial charge in [0.1, 0.15) is 17.8 Å². The van der Waals surface area contributed by atoms with Crippen LogP contribution in [0.5, 0.6) is 5.75 Å². The van der Waals surface area contributed by atoms with E-state index in [0.29, 0.717) is 43.8 Å². The molecule has 2 unspecified atom stereocenters. The Morgan fingerprint density at radius 2 is 1.63 bits per heavy atom. The lowest BCUT2D eigenvalue weighted by Gasteiger charge is -2.51. The van der Waals surface area contributed by atoms with Crippen molar-refractivity contribution in [2.24, 2.45) is 11.3 Å². The third-order valence-electron chi connectivity index (χ3n) is 8.98. The number of ketones is 1. The summed E-state index contributed by atoms with van der Waals surface area (Å²) in [6.45, 7) is 11.5. The minimum absolute atomic E-state index is 0.0363. The number of rotatable bonds is 12. The average Bonchev–Trinajstić information content (AvgIpc) is 2.98. The highest BCUT2D eigenvalue weighted by Crippen LogP contribution is 2.50. The third-order valence-corrected chi connectivity index (χ3v) is 8.98. The Balaban J connectivity index is 1.46. The summed E-state index contributed by atoms with van der Waals surface area (Å²) < 4.78 is 6.40. The van der Waals surface area contributed by atoms with Gasteiger partial charge < -0.3 is 20.1 Å². The molecule has 2 fully saturated rings. The number of nitrogens with one attached hydrogen (secondary N) is 1. The van der Waals surface area contributed by atoms with Crippen LogP contribution in [0.2, 0.25) is 0 Å². The molecule has 1 heterocycles. The van der Waals surface area contributed by atoms with Crippen LogP contribution in [0.4, 0.5) is 0 Å². The molecule has 1 aliphatic carbocycles. The molecule has 222 valence electrons. The number of amides is 2. The van der Waals surface area contributed by atoms with E-state index in [9.17, 15) is 14.4 Å². The van der Waals surface area contributed by atoms with E-state index in [4.69, 9.17) is 9.84 Å². The first-order chi connectivity index (χ1) is 19.8. The van der Waals surface area contributed by atoms with Crippen molar-refractivity contribution in [3.8, 4) is 5.75 Å². The minimum Gasteiger partial charge on any atom is -0.488 e. The average molecular weight is 564 g/mol. The second-order valence-corrected chi connectivity index (χ2v) is 11.4. The minimum atomic E-state index is -0.878. The van der Waals surface area contributed by atoms with Gasteiger partial charge in [-0.2, -0.15) is 0 Å². The summed E-state index contributed by atoms with van der Waals surface area (Å²) in [7, 11) is 0. The third kappa shape index (κ3) is 6.49. The lowest BCUT2D eigenvalue weighted by atomic mass is 9.55. The van der Waals surface area contributed by atoms with Crippen LogP contribution in [-0.4, -0.2) is 77.9 Å². The SMILES string of the molecule is CCCC(NC(=O)C1C(=O)C(CC)(CC)[C@@H]1Oc1ccc(C(=O)N2CCN(CCO)CC2)cc1)c1ccc(C)cc1. The highest BCUT2D eigenvalue weighted by Gasteiger charge is 2.64. The molecule has 2 amide bonds. The molecule has 2 aromatic rings.